The number of aromatic amines is 1. The van der Waals surface area contributed by atoms with Gasteiger partial charge in [0.05, 0.1) is 11.2 Å². The third-order valence-electron chi connectivity index (χ3n) is 3.15. The lowest BCUT2D eigenvalue weighted by molar-refractivity contribution is 0.604. The summed E-state index contributed by atoms with van der Waals surface area (Å²) < 4.78 is 0. The molecule has 0 atom stereocenters. The van der Waals surface area contributed by atoms with Crippen molar-refractivity contribution in [2.75, 3.05) is 13.1 Å². The van der Waals surface area contributed by atoms with Crippen molar-refractivity contribution in [3.63, 3.8) is 0 Å². The maximum Gasteiger partial charge on any atom is 0.0924 e. The average Bonchev–Trinajstić information content (AvgIpc) is 3.09. The quantitative estimate of drug-likeness (QED) is 0.658. The van der Waals surface area contributed by atoms with Gasteiger partial charge in [-0.1, -0.05) is 18.2 Å². The number of hydrogen-bond donors (Lipinski definition) is 3. The van der Waals surface area contributed by atoms with Crippen LogP contribution in [-0.2, 0) is 6.54 Å². The molecule has 0 amide bonds. The highest BCUT2D eigenvalue weighted by atomic mass is 15.1. The van der Waals surface area contributed by atoms with Gasteiger partial charge in [-0.3, -0.25) is 5.10 Å². The highest BCUT2D eigenvalue weighted by Crippen LogP contribution is 2.18. The Morgan fingerprint density at radius 1 is 1.24 bits per heavy atom. The van der Waals surface area contributed by atoms with Gasteiger partial charge in [0, 0.05) is 31.1 Å². The molecule has 90 valence electrons. The molecule has 0 spiro atoms. The lowest BCUT2D eigenvalue weighted by atomic mass is 10.2. The number of fused-ring (bicyclic) bond motifs is 1. The van der Waals surface area contributed by atoms with Crippen LogP contribution in [0.5, 0.6) is 0 Å². The van der Waals surface area contributed by atoms with E-state index in [4.69, 9.17) is 0 Å². The molecule has 1 aliphatic rings. The number of benzene rings is 1. The Bertz CT molecular complexity index is 487. The molecule has 1 aliphatic carbocycles. The predicted octanol–water partition coefficient (Wildman–Crippen LogP) is 1.40. The summed E-state index contributed by atoms with van der Waals surface area (Å²) in [6.07, 6.45) is 2.70. The third-order valence-corrected chi connectivity index (χ3v) is 3.15. The Hall–Kier alpha value is -1.39. The molecule has 0 unspecified atom stereocenters. The van der Waals surface area contributed by atoms with Crippen LogP contribution < -0.4 is 10.6 Å². The SMILES string of the molecule is c1ccc2c(CNCCNC3CC3)[nH]nc2c1. The van der Waals surface area contributed by atoms with Crippen LogP contribution >= 0.6 is 0 Å². The van der Waals surface area contributed by atoms with Gasteiger partial charge in [0.25, 0.3) is 0 Å². The van der Waals surface area contributed by atoms with Gasteiger partial charge in [0.15, 0.2) is 0 Å². The molecule has 0 bridgehead atoms. The minimum absolute atomic E-state index is 0.796. The van der Waals surface area contributed by atoms with Gasteiger partial charge < -0.3 is 10.6 Å². The Balaban J connectivity index is 1.50. The zero-order valence-electron chi connectivity index (χ0n) is 9.87. The number of nitrogens with zero attached hydrogens (tertiary/aromatic N) is 1. The van der Waals surface area contributed by atoms with Crippen molar-refractivity contribution in [2.24, 2.45) is 0 Å². The number of H-pyrrole nitrogens is 1. The number of rotatable bonds is 6. The maximum absolute atomic E-state index is 4.28. The zero-order chi connectivity index (χ0) is 11.5. The molecule has 0 aliphatic heterocycles. The first-order valence-corrected chi connectivity index (χ1v) is 6.29. The van der Waals surface area contributed by atoms with Crippen LogP contribution in [0.4, 0.5) is 0 Å². The van der Waals surface area contributed by atoms with E-state index in [0.29, 0.717) is 0 Å². The molecule has 2 aromatic rings. The van der Waals surface area contributed by atoms with Gasteiger partial charge in [-0.25, -0.2) is 0 Å². The van der Waals surface area contributed by atoms with E-state index in [9.17, 15) is 0 Å². The average molecular weight is 230 g/mol. The van der Waals surface area contributed by atoms with Crippen LogP contribution in [0.1, 0.15) is 18.5 Å². The van der Waals surface area contributed by atoms with Crippen LogP contribution in [-0.4, -0.2) is 29.3 Å². The van der Waals surface area contributed by atoms with E-state index < -0.39 is 0 Å². The van der Waals surface area contributed by atoms with Gasteiger partial charge in [0.2, 0.25) is 0 Å². The van der Waals surface area contributed by atoms with Gasteiger partial charge in [-0.05, 0) is 18.9 Å². The molecule has 0 radical (unpaired) electrons. The lowest BCUT2D eigenvalue weighted by Gasteiger charge is -2.04. The highest BCUT2D eigenvalue weighted by molar-refractivity contribution is 5.81. The van der Waals surface area contributed by atoms with Crippen LogP contribution in [0.2, 0.25) is 0 Å². The molecular weight excluding hydrogens is 212 g/mol. The van der Waals surface area contributed by atoms with Crippen molar-refractivity contribution in [1.82, 2.24) is 20.8 Å². The van der Waals surface area contributed by atoms with Crippen molar-refractivity contribution in [3.05, 3.63) is 30.0 Å². The summed E-state index contributed by atoms with van der Waals surface area (Å²) in [6, 6.07) is 9.00. The fourth-order valence-corrected chi connectivity index (χ4v) is 2.01. The smallest absolute Gasteiger partial charge is 0.0924 e. The van der Waals surface area contributed by atoms with Gasteiger partial charge >= 0.3 is 0 Å². The lowest BCUT2D eigenvalue weighted by Crippen LogP contribution is -2.28. The van der Waals surface area contributed by atoms with Crippen molar-refractivity contribution >= 4 is 10.9 Å². The predicted molar refractivity (Wildman–Crippen MR) is 68.8 cm³/mol. The second-order valence-electron chi connectivity index (χ2n) is 4.62. The summed E-state index contributed by atoms with van der Waals surface area (Å²) >= 11 is 0. The van der Waals surface area contributed by atoms with Crippen LogP contribution in [0.3, 0.4) is 0 Å². The molecule has 1 saturated carbocycles. The standard InChI is InChI=1S/C13H18N4/c1-2-4-12-11(3-1)13(17-16-12)9-14-7-8-15-10-5-6-10/h1-4,10,14-15H,5-9H2,(H,16,17). The molecule has 1 aromatic heterocycles. The normalized spacial score (nSPS) is 15.5. The Morgan fingerprint density at radius 2 is 2.12 bits per heavy atom. The number of aromatic nitrogens is 2. The molecule has 3 N–H and O–H groups in total. The number of para-hydroxylation sites is 1. The summed E-state index contributed by atoms with van der Waals surface area (Å²) in [6.45, 7) is 2.91. The van der Waals surface area contributed by atoms with Crippen molar-refractivity contribution in [1.29, 1.82) is 0 Å². The molecule has 4 nitrogen and oxygen atoms in total. The van der Waals surface area contributed by atoms with E-state index in [1.807, 2.05) is 12.1 Å². The maximum atomic E-state index is 4.28. The van der Waals surface area contributed by atoms with Gasteiger partial charge in [-0.2, -0.15) is 5.10 Å². The summed E-state index contributed by atoms with van der Waals surface area (Å²) in [4.78, 5) is 0. The molecule has 17 heavy (non-hydrogen) atoms. The molecule has 0 saturated heterocycles. The molecular formula is C13H18N4. The minimum Gasteiger partial charge on any atom is -0.313 e. The number of nitrogens with one attached hydrogen (secondary N) is 3. The van der Waals surface area contributed by atoms with Crippen molar-refractivity contribution in [2.45, 2.75) is 25.4 Å². The monoisotopic (exact) mass is 230 g/mol. The van der Waals surface area contributed by atoms with E-state index in [1.165, 1.54) is 23.9 Å². The second-order valence-corrected chi connectivity index (χ2v) is 4.62. The first kappa shape index (κ1) is 10.7. The van der Waals surface area contributed by atoms with Gasteiger partial charge in [0.1, 0.15) is 0 Å². The fraction of sp³-hybridized carbons (Fsp3) is 0.462. The topological polar surface area (TPSA) is 52.7 Å². The van der Waals surface area contributed by atoms with E-state index >= 15 is 0 Å². The summed E-state index contributed by atoms with van der Waals surface area (Å²) in [5, 5.41) is 15.5. The van der Waals surface area contributed by atoms with E-state index in [1.54, 1.807) is 0 Å². The van der Waals surface area contributed by atoms with E-state index in [0.717, 1.165) is 31.2 Å². The largest absolute Gasteiger partial charge is 0.313 e. The molecule has 1 heterocycles. The fourth-order valence-electron chi connectivity index (χ4n) is 2.01. The zero-order valence-corrected chi connectivity index (χ0v) is 9.87. The molecule has 4 heteroatoms. The minimum atomic E-state index is 0.796. The molecule has 3 rings (SSSR count). The molecule has 1 aromatic carbocycles. The Kier molecular flexibility index (Phi) is 3.07. The van der Waals surface area contributed by atoms with Gasteiger partial charge in [-0.15, -0.1) is 0 Å². The first-order valence-electron chi connectivity index (χ1n) is 6.29. The van der Waals surface area contributed by atoms with Crippen molar-refractivity contribution in [3.8, 4) is 0 Å². The Morgan fingerprint density at radius 3 is 3.00 bits per heavy atom. The summed E-state index contributed by atoms with van der Waals surface area (Å²) in [7, 11) is 0. The summed E-state index contributed by atoms with van der Waals surface area (Å²) in [5.74, 6) is 0. The highest BCUT2D eigenvalue weighted by Gasteiger charge is 2.19. The van der Waals surface area contributed by atoms with Crippen molar-refractivity contribution < 1.29 is 0 Å². The first-order chi connectivity index (χ1) is 8.43. The molecule has 1 fully saturated rings. The summed E-state index contributed by atoms with van der Waals surface area (Å²) in [5.41, 5.74) is 2.22. The second kappa shape index (κ2) is 4.85. The number of hydrogen-bond acceptors (Lipinski definition) is 3. The van der Waals surface area contributed by atoms with Crippen LogP contribution in [0.25, 0.3) is 10.9 Å². The third kappa shape index (κ3) is 2.65. The van der Waals surface area contributed by atoms with E-state index in [-0.39, 0.29) is 0 Å². The van der Waals surface area contributed by atoms with Crippen LogP contribution in [0.15, 0.2) is 24.3 Å². The van der Waals surface area contributed by atoms with Crippen LogP contribution in [0, 0.1) is 0 Å². The van der Waals surface area contributed by atoms with E-state index in [2.05, 4.69) is 33.0 Å². The Labute approximate surface area is 101 Å².